The molecule has 1 aliphatic rings. The molecule has 0 saturated carbocycles. The lowest BCUT2D eigenvalue weighted by Gasteiger charge is -2.40. The topological polar surface area (TPSA) is 90.8 Å². The van der Waals surface area contributed by atoms with Gasteiger partial charge in [0.1, 0.15) is 5.82 Å². The summed E-state index contributed by atoms with van der Waals surface area (Å²) >= 11 is 0. The van der Waals surface area contributed by atoms with E-state index in [1.807, 2.05) is 0 Å². The number of benzene rings is 2. The van der Waals surface area contributed by atoms with Crippen LogP contribution in [0.15, 0.2) is 85.1 Å². The van der Waals surface area contributed by atoms with Crippen LogP contribution in [0.25, 0.3) is 0 Å². The van der Waals surface area contributed by atoms with Crippen molar-refractivity contribution in [3.8, 4) is 0 Å². The van der Waals surface area contributed by atoms with Crippen molar-refractivity contribution in [1.82, 2.24) is 4.98 Å². The van der Waals surface area contributed by atoms with E-state index in [2.05, 4.69) is 4.98 Å². The number of urea groups is 1. The molecule has 1 saturated heterocycles. The zero-order valence-electron chi connectivity index (χ0n) is 15.3. The van der Waals surface area contributed by atoms with Crippen LogP contribution in [0.3, 0.4) is 0 Å². The monoisotopic (exact) mass is 387 g/mol. The number of amides is 4. The molecule has 29 heavy (non-hydrogen) atoms. The molecule has 1 fully saturated rings. The van der Waals surface area contributed by atoms with Crippen molar-refractivity contribution in [2.45, 2.75) is 12.0 Å². The Hall–Kier alpha value is -3.84. The van der Waals surface area contributed by atoms with E-state index in [-0.39, 0.29) is 17.9 Å². The van der Waals surface area contributed by atoms with Crippen LogP contribution in [0.1, 0.15) is 5.56 Å². The average molecular weight is 387 g/mol. The minimum absolute atomic E-state index is 0.0300. The lowest BCUT2D eigenvalue weighted by Crippen LogP contribution is -2.70. The maximum atomic E-state index is 13.2. The van der Waals surface area contributed by atoms with Gasteiger partial charge in [-0.05, 0) is 29.8 Å². The molecule has 1 atom stereocenters. The van der Waals surface area contributed by atoms with Crippen LogP contribution in [0.4, 0.5) is 16.3 Å². The van der Waals surface area contributed by atoms with Gasteiger partial charge in [0.15, 0.2) is 0 Å². The molecule has 1 aliphatic heterocycles. The number of hydrogen-bond acceptors (Lipinski definition) is 5. The number of hydrogen-bond donors (Lipinski definition) is 1. The van der Waals surface area contributed by atoms with Crippen molar-refractivity contribution in [3.05, 3.63) is 90.6 Å². The standard InChI is InChI=1S/C22H17N3O4/c26-19-22(29,15-16-9-3-1-4-10-16)20(27)25(18-13-7-8-14-23-18)21(28)24(19)17-11-5-2-6-12-17/h1-14,29H,15H2. The molecule has 4 rings (SSSR count). The predicted octanol–water partition coefficient (Wildman–Crippen LogP) is 2.56. The molecule has 144 valence electrons. The molecule has 0 aliphatic carbocycles. The van der Waals surface area contributed by atoms with Crippen molar-refractivity contribution in [1.29, 1.82) is 0 Å². The zero-order valence-corrected chi connectivity index (χ0v) is 15.3. The third kappa shape index (κ3) is 3.17. The Morgan fingerprint density at radius 2 is 1.34 bits per heavy atom. The summed E-state index contributed by atoms with van der Waals surface area (Å²) in [6.45, 7) is 0. The summed E-state index contributed by atoms with van der Waals surface area (Å²) in [7, 11) is 0. The zero-order chi connectivity index (χ0) is 20.4. The van der Waals surface area contributed by atoms with E-state index in [4.69, 9.17) is 0 Å². The molecule has 2 heterocycles. The van der Waals surface area contributed by atoms with Gasteiger partial charge < -0.3 is 5.11 Å². The molecule has 1 unspecified atom stereocenters. The van der Waals surface area contributed by atoms with Crippen LogP contribution in [0, 0.1) is 0 Å². The average Bonchev–Trinajstić information content (AvgIpc) is 2.75. The number of rotatable bonds is 4. The minimum Gasteiger partial charge on any atom is -0.371 e. The summed E-state index contributed by atoms with van der Waals surface area (Å²) in [6.07, 6.45) is 1.15. The maximum Gasteiger partial charge on any atom is 0.344 e. The number of aliphatic hydroxyl groups is 1. The Balaban J connectivity index is 1.85. The fourth-order valence-electron chi connectivity index (χ4n) is 3.27. The Morgan fingerprint density at radius 1 is 0.759 bits per heavy atom. The van der Waals surface area contributed by atoms with Gasteiger partial charge >= 0.3 is 6.03 Å². The highest BCUT2D eigenvalue weighted by Gasteiger charge is 2.57. The van der Waals surface area contributed by atoms with Gasteiger partial charge in [0.05, 0.1) is 5.69 Å². The van der Waals surface area contributed by atoms with Crippen molar-refractivity contribution >= 4 is 29.4 Å². The second-order valence-electron chi connectivity index (χ2n) is 6.61. The van der Waals surface area contributed by atoms with Gasteiger partial charge in [0.2, 0.25) is 5.60 Å². The van der Waals surface area contributed by atoms with E-state index < -0.39 is 23.4 Å². The summed E-state index contributed by atoms with van der Waals surface area (Å²) in [5, 5.41) is 11.3. The molecule has 2 aromatic carbocycles. The quantitative estimate of drug-likeness (QED) is 0.695. The normalized spacial score (nSPS) is 19.6. The fraction of sp³-hybridized carbons (Fsp3) is 0.0909. The SMILES string of the molecule is O=C1N(c2ccccc2)C(=O)C(O)(Cc2ccccc2)C(=O)N1c1ccccn1. The molecule has 1 aromatic heterocycles. The maximum absolute atomic E-state index is 13.2. The lowest BCUT2D eigenvalue weighted by molar-refractivity contribution is -0.150. The molecular formula is C22H17N3O4. The van der Waals surface area contributed by atoms with E-state index in [1.54, 1.807) is 72.8 Å². The van der Waals surface area contributed by atoms with Crippen molar-refractivity contribution in [3.63, 3.8) is 0 Å². The molecule has 1 N–H and O–H groups in total. The number of carbonyl (C=O) groups is 3. The van der Waals surface area contributed by atoms with Crippen LogP contribution >= 0.6 is 0 Å². The molecule has 0 spiro atoms. The van der Waals surface area contributed by atoms with Gasteiger partial charge in [0, 0.05) is 12.6 Å². The highest BCUT2D eigenvalue weighted by Crippen LogP contribution is 2.32. The first kappa shape index (κ1) is 18.5. The smallest absolute Gasteiger partial charge is 0.344 e. The van der Waals surface area contributed by atoms with Gasteiger partial charge in [0.25, 0.3) is 11.8 Å². The number of carbonyl (C=O) groups excluding carboxylic acids is 3. The first-order valence-electron chi connectivity index (χ1n) is 8.98. The Morgan fingerprint density at radius 3 is 1.97 bits per heavy atom. The second kappa shape index (κ2) is 7.29. The highest BCUT2D eigenvalue weighted by atomic mass is 16.3. The predicted molar refractivity (Wildman–Crippen MR) is 106 cm³/mol. The first-order chi connectivity index (χ1) is 14.0. The molecule has 3 aromatic rings. The van der Waals surface area contributed by atoms with Gasteiger partial charge in [-0.15, -0.1) is 0 Å². The number of anilines is 2. The summed E-state index contributed by atoms with van der Waals surface area (Å²) in [5.41, 5.74) is -1.62. The van der Waals surface area contributed by atoms with Gasteiger partial charge in [-0.2, -0.15) is 0 Å². The van der Waals surface area contributed by atoms with E-state index in [9.17, 15) is 19.5 Å². The number of aromatic nitrogens is 1. The fourth-order valence-corrected chi connectivity index (χ4v) is 3.27. The van der Waals surface area contributed by atoms with E-state index >= 15 is 0 Å². The van der Waals surface area contributed by atoms with Crippen LogP contribution in [-0.2, 0) is 16.0 Å². The number of barbiturate groups is 1. The van der Waals surface area contributed by atoms with Crippen molar-refractivity contribution in [2.24, 2.45) is 0 Å². The molecular weight excluding hydrogens is 370 g/mol. The van der Waals surface area contributed by atoms with Crippen molar-refractivity contribution in [2.75, 3.05) is 9.80 Å². The van der Waals surface area contributed by atoms with Crippen LogP contribution in [-0.4, -0.2) is 33.5 Å². The van der Waals surface area contributed by atoms with Crippen LogP contribution in [0.2, 0.25) is 0 Å². The lowest BCUT2D eigenvalue weighted by atomic mass is 9.89. The summed E-state index contributed by atoms with van der Waals surface area (Å²) in [4.78, 5) is 45.2. The number of para-hydroxylation sites is 1. The van der Waals surface area contributed by atoms with Crippen LogP contribution in [0.5, 0.6) is 0 Å². The number of imide groups is 2. The van der Waals surface area contributed by atoms with Gasteiger partial charge in [-0.25, -0.2) is 19.6 Å². The largest absolute Gasteiger partial charge is 0.371 e. The molecule has 0 radical (unpaired) electrons. The van der Waals surface area contributed by atoms with Crippen molar-refractivity contribution < 1.29 is 19.5 Å². The van der Waals surface area contributed by atoms with Gasteiger partial charge in [-0.3, -0.25) is 9.59 Å². The Kier molecular flexibility index (Phi) is 4.66. The summed E-state index contributed by atoms with van der Waals surface area (Å²) in [6, 6.07) is 20.7. The van der Waals surface area contributed by atoms with E-state index in [1.165, 1.54) is 12.3 Å². The first-order valence-corrected chi connectivity index (χ1v) is 8.98. The number of nitrogens with zero attached hydrogens (tertiary/aromatic N) is 3. The van der Waals surface area contributed by atoms with Gasteiger partial charge in [-0.1, -0.05) is 54.6 Å². The molecule has 7 heteroatoms. The highest BCUT2D eigenvalue weighted by molar-refractivity contribution is 6.39. The Labute approximate surface area is 166 Å². The second-order valence-corrected chi connectivity index (χ2v) is 6.61. The molecule has 0 bridgehead atoms. The molecule has 7 nitrogen and oxygen atoms in total. The van der Waals surface area contributed by atoms with Crippen LogP contribution < -0.4 is 9.80 Å². The summed E-state index contributed by atoms with van der Waals surface area (Å²) in [5.74, 6) is -1.99. The Bertz CT molecular complexity index is 994. The minimum atomic E-state index is -2.46. The number of pyridine rings is 1. The molecule has 4 amide bonds. The third-order valence-electron chi connectivity index (χ3n) is 4.69. The summed E-state index contributed by atoms with van der Waals surface area (Å²) < 4.78 is 0. The third-order valence-corrected chi connectivity index (χ3v) is 4.69. The van der Waals surface area contributed by atoms with E-state index in [0.717, 1.165) is 9.80 Å². The van der Waals surface area contributed by atoms with E-state index in [0.29, 0.717) is 5.56 Å².